The summed E-state index contributed by atoms with van der Waals surface area (Å²) in [7, 11) is 0. The number of alkyl halides is 3. The van der Waals surface area contributed by atoms with Gasteiger partial charge >= 0.3 is 11.5 Å². The number of hydrogen-bond acceptors (Lipinski definition) is 4. The molecule has 0 saturated heterocycles. The Hall–Kier alpha value is -1.75. The third-order valence-electron chi connectivity index (χ3n) is 1.89. The van der Waals surface area contributed by atoms with E-state index in [4.69, 9.17) is 5.26 Å². The van der Waals surface area contributed by atoms with Gasteiger partial charge in [0, 0.05) is 0 Å². The Bertz CT molecular complexity index is 537. The molecule has 0 atom stereocenters. The molecule has 8 heteroatoms. The summed E-state index contributed by atoms with van der Waals surface area (Å²) in [6.45, 7) is 1.41. The van der Waals surface area contributed by atoms with E-state index in [1.54, 1.807) is 6.07 Å². The van der Waals surface area contributed by atoms with Gasteiger partial charge in [-0.1, -0.05) is 0 Å². The number of benzene rings is 1. The summed E-state index contributed by atoms with van der Waals surface area (Å²) in [5.41, 5.74) is -5.66. The molecule has 0 aromatic heterocycles. The summed E-state index contributed by atoms with van der Waals surface area (Å²) < 4.78 is 55.0. The van der Waals surface area contributed by atoms with Crippen LogP contribution in [0.15, 0.2) is 17.0 Å². The molecular formula is C11H7F4NO2S. The van der Waals surface area contributed by atoms with Gasteiger partial charge in [0.2, 0.25) is 0 Å². The summed E-state index contributed by atoms with van der Waals surface area (Å²) in [6, 6.07) is 3.15. The van der Waals surface area contributed by atoms with E-state index in [1.165, 1.54) is 6.92 Å². The number of carbonyl (C=O) groups is 1. The number of rotatable bonds is 3. The van der Waals surface area contributed by atoms with Gasteiger partial charge < -0.3 is 4.74 Å². The van der Waals surface area contributed by atoms with Crippen molar-refractivity contribution in [1.82, 2.24) is 0 Å². The third-order valence-corrected chi connectivity index (χ3v) is 2.64. The first-order chi connectivity index (χ1) is 8.78. The predicted octanol–water partition coefficient (Wildman–Crippen LogP) is 3.49. The van der Waals surface area contributed by atoms with Gasteiger partial charge in [-0.05, 0) is 30.8 Å². The summed E-state index contributed by atoms with van der Waals surface area (Å²) in [4.78, 5) is 10.6. The Kier molecular flexibility index (Phi) is 4.78. The molecule has 1 aromatic carbocycles. The molecule has 0 aliphatic carbocycles. The third kappa shape index (κ3) is 4.13. The lowest BCUT2D eigenvalue weighted by Crippen LogP contribution is -2.10. The fourth-order valence-electron chi connectivity index (χ4n) is 1.22. The van der Waals surface area contributed by atoms with E-state index in [0.29, 0.717) is 0 Å². The number of nitrogens with zero attached hydrogens (tertiary/aromatic N) is 1. The van der Waals surface area contributed by atoms with Crippen LogP contribution in [-0.4, -0.2) is 18.1 Å². The van der Waals surface area contributed by atoms with Crippen LogP contribution in [0.4, 0.5) is 17.6 Å². The number of halogens is 4. The number of thioether (sulfide) groups is 1. The Morgan fingerprint density at radius 3 is 2.58 bits per heavy atom. The van der Waals surface area contributed by atoms with Crippen LogP contribution in [0, 0.1) is 17.1 Å². The number of carbonyl (C=O) groups excluding carboxylic acids is 1. The quantitative estimate of drug-likeness (QED) is 0.486. The molecule has 0 radical (unpaired) electrons. The molecule has 0 heterocycles. The summed E-state index contributed by atoms with van der Waals surface area (Å²) >= 11 is -0.727. The molecule has 3 nitrogen and oxygen atoms in total. The second-order valence-electron chi connectivity index (χ2n) is 3.22. The van der Waals surface area contributed by atoms with E-state index >= 15 is 0 Å². The van der Waals surface area contributed by atoms with Gasteiger partial charge in [-0.25, -0.2) is 9.18 Å². The SMILES string of the molecule is CCOC(=O)c1cc(C#N)cc(SC(F)(F)F)c1F. The van der Waals surface area contributed by atoms with Gasteiger partial charge in [-0.15, -0.1) is 0 Å². The molecule has 0 unspecified atom stereocenters. The predicted molar refractivity (Wildman–Crippen MR) is 59.0 cm³/mol. The number of esters is 1. The van der Waals surface area contributed by atoms with Crippen LogP contribution in [0.5, 0.6) is 0 Å². The van der Waals surface area contributed by atoms with E-state index in [9.17, 15) is 22.4 Å². The van der Waals surface area contributed by atoms with E-state index in [-0.39, 0.29) is 12.2 Å². The number of hydrogen-bond donors (Lipinski definition) is 0. The normalized spacial score (nSPS) is 10.9. The molecule has 1 aromatic rings. The van der Waals surface area contributed by atoms with Crippen LogP contribution in [0.25, 0.3) is 0 Å². The number of nitriles is 1. The van der Waals surface area contributed by atoms with Crippen molar-refractivity contribution in [3.05, 3.63) is 29.1 Å². The number of ether oxygens (including phenoxy) is 1. The molecule has 0 spiro atoms. The maximum Gasteiger partial charge on any atom is 0.446 e. The summed E-state index contributed by atoms with van der Waals surface area (Å²) in [5.74, 6) is -2.46. The first-order valence-electron chi connectivity index (χ1n) is 4.95. The monoisotopic (exact) mass is 293 g/mol. The van der Waals surface area contributed by atoms with Crippen LogP contribution in [0.1, 0.15) is 22.8 Å². The van der Waals surface area contributed by atoms with Crippen LogP contribution < -0.4 is 0 Å². The van der Waals surface area contributed by atoms with Gasteiger partial charge in [0.25, 0.3) is 0 Å². The van der Waals surface area contributed by atoms with Crippen molar-refractivity contribution in [2.45, 2.75) is 17.3 Å². The van der Waals surface area contributed by atoms with Crippen molar-refractivity contribution >= 4 is 17.7 Å². The highest BCUT2D eigenvalue weighted by Gasteiger charge is 2.32. The minimum atomic E-state index is -4.72. The Morgan fingerprint density at radius 1 is 1.47 bits per heavy atom. The summed E-state index contributed by atoms with van der Waals surface area (Å²) in [6.07, 6.45) is 0. The van der Waals surface area contributed by atoms with Crippen molar-refractivity contribution < 1.29 is 27.1 Å². The zero-order chi connectivity index (χ0) is 14.6. The van der Waals surface area contributed by atoms with Crippen LogP contribution >= 0.6 is 11.8 Å². The molecular weight excluding hydrogens is 286 g/mol. The first kappa shape index (κ1) is 15.3. The van der Waals surface area contributed by atoms with Gasteiger partial charge in [0.15, 0.2) is 5.82 Å². The smallest absolute Gasteiger partial charge is 0.446 e. The molecule has 102 valence electrons. The van der Waals surface area contributed by atoms with Crippen molar-refractivity contribution in [3.63, 3.8) is 0 Å². The van der Waals surface area contributed by atoms with Gasteiger partial charge in [0.1, 0.15) is 0 Å². The lowest BCUT2D eigenvalue weighted by molar-refractivity contribution is -0.0329. The topological polar surface area (TPSA) is 50.1 Å². The first-order valence-corrected chi connectivity index (χ1v) is 5.76. The largest absolute Gasteiger partial charge is 0.462 e. The lowest BCUT2D eigenvalue weighted by Gasteiger charge is -2.10. The van der Waals surface area contributed by atoms with Crippen LogP contribution in [0.2, 0.25) is 0 Å². The molecule has 0 aliphatic heterocycles. The fourth-order valence-corrected chi connectivity index (χ4v) is 1.85. The van der Waals surface area contributed by atoms with Crippen molar-refractivity contribution in [2.75, 3.05) is 6.61 Å². The van der Waals surface area contributed by atoms with Crippen molar-refractivity contribution in [1.29, 1.82) is 5.26 Å². The minimum Gasteiger partial charge on any atom is -0.462 e. The van der Waals surface area contributed by atoms with Gasteiger partial charge in [-0.3, -0.25) is 0 Å². The molecule has 0 N–H and O–H groups in total. The van der Waals surface area contributed by atoms with Gasteiger partial charge in [0.05, 0.1) is 28.7 Å². The second kappa shape index (κ2) is 5.93. The Balaban J connectivity index is 3.29. The van der Waals surface area contributed by atoms with E-state index in [0.717, 1.165) is 12.1 Å². The standard InChI is InChI=1S/C11H7F4NO2S/c1-2-18-10(17)7-3-6(5-16)4-8(9(7)12)19-11(13,14)15/h3-4H,2H2,1H3. The van der Waals surface area contributed by atoms with Crippen LogP contribution in [0.3, 0.4) is 0 Å². The maximum atomic E-state index is 13.8. The van der Waals surface area contributed by atoms with Gasteiger partial charge in [-0.2, -0.15) is 18.4 Å². The molecule has 19 heavy (non-hydrogen) atoms. The molecule has 0 bridgehead atoms. The highest BCUT2D eigenvalue weighted by molar-refractivity contribution is 8.00. The Morgan fingerprint density at radius 2 is 2.11 bits per heavy atom. The molecule has 0 fully saturated rings. The van der Waals surface area contributed by atoms with Crippen molar-refractivity contribution in [2.24, 2.45) is 0 Å². The zero-order valence-corrected chi connectivity index (χ0v) is 10.4. The van der Waals surface area contributed by atoms with E-state index in [1.807, 2.05) is 0 Å². The average Bonchev–Trinajstić information content (AvgIpc) is 2.30. The summed E-state index contributed by atoms with van der Waals surface area (Å²) in [5, 5.41) is 8.67. The minimum absolute atomic E-state index is 0.0587. The van der Waals surface area contributed by atoms with E-state index in [2.05, 4.69) is 4.74 Å². The highest BCUT2D eigenvalue weighted by Crippen LogP contribution is 2.39. The average molecular weight is 293 g/mol. The second-order valence-corrected chi connectivity index (χ2v) is 4.32. The highest BCUT2D eigenvalue weighted by atomic mass is 32.2. The van der Waals surface area contributed by atoms with Crippen LogP contribution in [-0.2, 0) is 4.74 Å². The molecule has 0 aliphatic rings. The Labute approximate surface area is 110 Å². The molecule has 1 rings (SSSR count). The lowest BCUT2D eigenvalue weighted by atomic mass is 10.1. The zero-order valence-electron chi connectivity index (χ0n) is 9.55. The van der Waals surface area contributed by atoms with E-state index < -0.39 is 39.5 Å². The fraction of sp³-hybridized carbons (Fsp3) is 0.273. The maximum absolute atomic E-state index is 13.8. The molecule has 0 saturated carbocycles. The molecule has 0 amide bonds. The van der Waals surface area contributed by atoms with Crippen molar-refractivity contribution in [3.8, 4) is 6.07 Å².